The Morgan fingerprint density at radius 2 is 1.90 bits per heavy atom. The van der Waals surface area contributed by atoms with Crippen molar-refractivity contribution in [3.8, 4) is 11.5 Å². The minimum atomic E-state index is -0.285. The smallest absolute Gasteiger partial charge is 0.196 e. The monoisotopic (exact) mass is 396 g/mol. The number of Topliss-reactive ketones (excluding diaryl/α,β-unsaturated/α-hetero) is 2. The van der Waals surface area contributed by atoms with E-state index >= 15 is 0 Å². The number of nitrogens with zero attached hydrogens (tertiary/aromatic N) is 1. The number of hydrogen-bond donors (Lipinski definition) is 1. The molecule has 154 valence electrons. The third-order valence-electron chi connectivity index (χ3n) is 6.16. The molecule has 2 aliphatic heterocycles. The van der Waals surface area contributed by atoms with Crippen LogP contribution in [0.25, 0.3) is 0 Å². The Morgan fingerprint density at radius 3 is 2.59 bits per heavy atom. The van der Waals surface area contributed by atoms with Gasteiger partial charge in [-0.15, -0.1) is 0 Å². The second-order valence-corrected chi connectivity index (χ2v) is 8.02. The van der Waals surface area contributed by atoms with Crippen molar-refractivity contribution in [3.05, 3.63) is 46.3 Å². The Bertz CT molecular complexity index is 962. The van der Waals surface area contributed by atoms with Gasteiger partial charge in [0.25, 0.3) is 0 Å². The molecule has 2 aliphatic rings. The van der Waals surface area contributed by atoms with Crippen LogP contribution in [0.1, 0.15) is 70.4 Å². The molecule has 1 aromatic heterocycles. The number of benzene rings is 1. The van der Waals surface area contributed by atoms with Gasteiger partial charge in [-0.25, -0.2) is 0 Å². The largest absolute Gasteiger partial charge is 0.486 e. The Morgan fingerprint density at radius 1 is 1.17 bits per heavy atom. The lowest BCUT2D eigenvalue weighted by Crippen LogP contribution is -2.39. The number of hydrogen-bond acceptors (Lipinski definition) is 5. The van der Waals surface area contributed by atoms with Crippen molar-refractivity contribution in [2.75, 3.05) is 19.8 Å². The van der Waals surface area contributed by atoms with Crippen LogP contribution in [0, 0.1) is 13.8 Å². The first-order chi connectivity index (χ1) is 13.9. The number of fused-ring (bicyclic) bond motifs is 1. The van der Waals surface area contributed by atoms with Crippen LogP contribution >= 0.6 is 0 Å². The van der Waals surface area contributed by atoms with Crippen molar-refractivity contribution < 1.29 is 19.1 Å². The van der Waals surface area contributed by atoms with Gasteiger partial charge in [-0.3, -0.25) is 14.5 Å². The van der Waals surface area contributed by atoms with Gasteiger partial charge >= 0.3 is 0 Å². The number of ketones is 2. The lowest BCUT2D eigenvalue weighted by Gasteiger charge is -2.30. The highest BCUT2D eigenvalue weighted by molar-refractivity contribution is 6.05. The van der Waals surface area contributed by atoms with Crippen LogP contribution < -0.4 is 9.47 Å². The van der Waals surface area contributed by atoms with Gasteiger partial charge in [0.2, 0.25) is 0 Å². The fraction of sp³-hybridized carbons (Fsp3) is 0.478. The molecule has 0 aliphatic carbocycles. The number of aryl methyl sites for hydroxylation is 1. The molecule has 6 heteroatoms. The SMILES string of the molecule is CC(=O)c1c(C)[nH]c(C(=O)C(C)N2CCCC2c2ccc3c(c2)OCCO3)c1C. The number of rotatable bonds is 5. The Hall–Kier alpha value is -2.60. The molecule has 0 bridgehead atoms. The molecule has 1 N–H and O–H groups in total. The zero-order valence-electron chi connectivity index (χ0n) is 17.5. The molecule has 0 amide bonds. The van der Waals surface area contributed by atoms with E-state index < -0.39 is 0 Å². The lowest BCUT2D eigenvalue weighted by atomic mass is 9.99. The van der Waals surface area contributed by atoms with Gasteiger partial charge < -0.3 is 14.5 Å². The molecule has 2 atom stereocenters. The molecule has 1 saturated heterocycles. The van der Waals surface area contributed by atoms with E-state index in [9.17, 15) is 9.59 Å². The zero-order chi connectivity index (χ0) is 20.7. The second kappa shape index (κ2) is 7.67. The maximum atomic E-state index is 13.3. The summed E-state index contributed by atoms with van der Waals surface area (Å²) in [7, 11) is 0. The average Bonchev–Trinajstić information content (AvgIpc) is 3.30. The lowest BCUT2D eigenvalue weighted by molar-refractivity contribution is 0.0814. The topological polar surface area (TPSA) is 71.6 Å². The number of carbonyl (C=O) groups is 2. The summed E-state index contributed by atoms with van der Waals surface area (Å²) in [6.45, 7) is 9.20. The van der Waals surface area contributed by atoms with Crippen LogP contribution in [0.15, 0.2) is 18.2 Å². The minimum absolute atomic E-state index is 0.0155. The average molecular weight is 396 g/mol. The van der Waals surface area contributed by atoms with Gasteiger partial charge in [0.15, 0.2) is 23.1 Å². The van der Waals surface area contributed by atoms with Gasteiger partial charge in [0, 0.05) is 17.3 Å². The van der Waals surface area contributed by atoms with E-state index in [-0.39, 0.29) is 23.7 Å². The molecule has 0 spiro atoms. The van der Waals surface area contributed by atoms with Crippen LogP contribution in [0.5, 0.6) is 11.5 Å². The van der Waals surface area contributed by atoms with Crippen LogP contribution in [-0.2, 0) is 0 Å². The Kier molecular flexibility index (Phi) is 5.21. The van der Waals surface area contributed by atoms with E-state index in [0.717, 1.165) is 47.7 Å². The molecule has 2 unspecified atom stereocenters. The quantitative estimate of drug-likeness (QED) is 0.773. The molecule has 3 heterocycles. The second-order valence-electron chi connectivity index (χ2n) is 8.02. The molecule has 2 aromatic rings. The predicted octanol–water partition coefficient (Wildman–Crippen LogP) is 4.01. The van der Waals surface area contributed by atoms with Crippen LogP contribution in [0.4, 0.5) is 0 Å². The number of aromatic amines is 1. The van der Waals surface area contributed by atoms with E-state index in [2.05, 4.69) is 16.0 Å². The van der Waals surface area contributed by atoms with Gasteiger partial charge in [-0.05, 0) is 70.3 Å². The summed E-state index contributed by atoms with van der Waals surface area (Å²) in [6, 6.07) is 5.96. The summed E-state index contributed by atoms with van der Waals surface area (Å²) in [5.74, 6) is 1.57. The number of likely N-dealkylation sites (tertiary alicyclic amines) is 1. The summed E-state index contributed by atoms with van der Waals surface area (Å²) in [5.41, 5.74) is 3.84. The summed E-state index contributed by atoms with van der Waals surface area (Å²) in [4.78, 5) is 30.7. The fourth-order valence-electron chi connectivity index (χ4n) is 4.76. The highest BCUT2D eigenvalue weighted by Crippen LogP contribution is 2.39. The predicted molar refractivity (Wildman–Crippen MR) is 110 cm³/mol. The summed E-state index contributed by atoms with van der Waals surface area (Å²) in [6.07, 6.45) is 2.04. The standard InChI is InChI=1S/C23H28N2O4/c1-13-21(16(4)26)14(2)24-22(13)23(27)15(3)25-9-5-6-18(25)17-7-8-19-20(12-17)29-11-10-28-19/h7-8,12,15,18,24H,5-6,9-11H2,1-4H3. The maximum Gasteiger partial charge on any atom is 0.196 e. The molecule has 29 heavy (non-hydrogen) atoms. The first-order valence-corrected chi connectivity index (χ1v) is 10.3. The first kappa shape index (κ1) is 19.7. The fourth-order valence-corrected chi connectivity index (χ4v) is 4.76. The van der Waals surface area contributed by atoms with Crippen molar-refractivity contribution in [2.45, 2.75) is 52.6 Å². The van der Waals surface area contributed by atoms with Crippen molar-refractivity contribution in [1.29, 1.82) is 0 Å². The van der Waals surface area contributed by atoms with E-state index in [1.807, 2.05) is 32.9 Å². The van der Waals surface area contributed by atoms with E-state index in [1.165, 1.54) is 0 Å². The van der Waals surface area contributed by atoms with Crippen LogP contribution in [0.3, 0.4) is 0 Å². The minimum Gasteiger partial charge on any atom is -0.486 e. The van der Waals surface area contributed by atoms with Crippen molar-refractivity contribution >= 4 is 11.6 Å². The molecule has 0 saturated carbocycles. The van der Waals surface area contributed by atoms with Gasteiger partial charge in [-0.2, -0.15) is 0 Å². The maximum absolute atomic E-state index is 13.3. The molecule has 6 nitrogen and oxygen atoms in total. The molecular formula is C23H28N2O4. The normalized spacial score (nSPS) is 19.9. The molecular weight excluding hydrogens is 368 g/mol. The highest BCUT2D eigenvalue weighted by atomic mass is 16.6. The first-order valence-electron chi connectivity index (χ1n) is 10.3. The Labute approximate surface area is 171 Å². The molecule has 4 rings (SSSR count). The highest BCUT2D eigenvalue weighted by Gasteiger charge is 2.35. The number of ether oxygens (including phenoxy) is 2. The molecule has 1 aromatic carbocycles. The number of carbonyl (C=O) groups excluding carboxylic acids is 2. The summed E-state index contributed by atoms with van der Waals surface area (Å²) >= 11 is 0. The van der Waals surface area contributed by atoms with Crippen LogP contribution in [0.2, 0.25) is 0 Å². The summed E-state index contributed by atoms with van der Waals surface area (Å²) < 4.78 is 11.4. The van der Waals surface area contributed by atoms with Gasteiger partial charge in [0.1, 0.15) is 13.2 Å². The number of nitrogens with one attached hydrogen (secondary N) is 1. The number of H-pyrrole nitrogens is 1. The third kappa shape index (κ3) is 3.46. The number of aromatic nitrogens is 1. The van der Waals surface area contributed by atoms with E-state index in [1.54, 1.807) is 6.92 Å². The van der Waals surface area contributed by atoms with Crippen LogP contribution in [-0.4, -0.2) is 47.3 Å². The van der Waals surface area contributed by atoms with Crippen molar-refractivity contribution in [1.82, 2.24) is 9.88 Å². The van der Waals surface area contributed by atoms with Gasteiger partial charge in [-0.1, -0.05) is 6.07 Å². The van der Waals surface area contributed by atoms with Crippen molar-refractivity contribution in [2.24, 2.45) is 0 Å². The van der Waals surface area contributed by atoms with Gasteiger partial charge in [0.05, 0.1) is 11.7 Å². The van der Waals surface area contributed by atoms with E-state index in [4.69, 9.17) is 9.47 Å². The molecule has 0 radical (unpaired) electrons. The van der Waals surface area contributed by atoms with Crippen molar-refractivity contribution in [3.63, 3.8) is 0 Å². The summed E-state index contributed by atoms with van der Waals surface area (Å²) in [5, 5.41) is 0. The third-order valence-corrected chi connectivity index (χ3v) is 6.16. The molecule has 1 fully saturated rings. The van der Waals surface area contributed by atoms with E-state index in [0.29, 0.717) is 24.5 Å². The Balaban J connectivity index is 1.60. The zero-order valence-corrected chi connectivity index (χ0v) is 17.5.